The number of carbonyl (C=O) groups excluding carboxylic acids is 1. The minimum absolute atomic E-state index is 0.0189. The van der Waals surface area contributed by atoms with Gasteiger partial charge in [-0.15, -0.1) is 10.2 Å². The van der Waals surface area contributed by atoms with Crippen molar-refractivity contribution in [3.63, 3.8) is 0 Å². The number of benzene rings is 2. The topological polar surface area (TPSA) is 63.1 Å². The SMILES string of the molecule is Cn1cnnc1[C@]1(c2cccc(N3Cc4c(Cl)cc(CNC5(C)CCC5)cc4C3=O)c2)C[C@H](C)C1. The van der Waals surface area contributed by atoms with Crippen LogP contribution in [-0.2, 0) is 25.6 Å². The highest BCUT2D eigenvalue weighted by molar-refractivity contribution is 6.32. The quantitative estimate of drug-likeness (QED) is 0.505. The molecular formula is C28H32ClN5O. The number of halogens is 1. The average Bonchev–Trinajstić information content (AvgIpc) is 3.38. The first-order chi connectivity index (χ1) is 16.8. The standard InChI is InChI=1S/C28H32ClN5O/c1-18-13-28(14-18,26-32-31-17-33(26)3)20-6-4-7-21(12-20)34-16-23-22(25(34)35)10-19(11-24(23)29)15-30-27(2)8-5-9-27/h4,6-7,10-12,17-18,30H,5,8-9,13-16H2,1-3H3/t18-,28+. The molecule has 2 heterocycles. The Bertz CT molecular complexity index is 1300. The summed E-state index contributed by atoms with van der Waals surface area (Å²) in [5, 5.41) is 12.9. The molecule has 6 rings (SSSR count). The van der Waals surface area contributed by atoms with Gasteiger partial charge in [0.15, 0.2) is 0 Å². The van der Waals surface area contributed by atoms with Crippen molar-refractivity contribution in [2.24, 2.45) is 13.0 Å². The minimum atomic E-state index is -0.162. The number of carbonyl (C=O) groups is 1. The van der Waals surface area contributed by atoms with Crippen LogP contribution >= 0.6 is 11.6 Å². The number of hydrogen-bond donors (Lipinski definition) is 1. The Labute approximate surface area is 211 Å². The summed E-state index contributed by atoms with van der Waals surface area (Å²) in [5.41, 5.74) is 4.85. The number of nitrogens with one attached hydrogen (secondary N) is 1. The molecule has 1 aliphatic heterocycles. The van der Waals surface area contributed by atoms with Gasteiger partial charge in [0.05, 0.1) is 12.0 Å². The molecule has 0 radical (unpaired) electrons. The fourth-order valence-electron chi connectivity index (χ4n) is 6.29. The zero-order chi connectivity index (χ0) is 24.4. The Balaban J connectivity index is 1.29. The number of nitrogens with zero attached hydrogens (tertiary/aromatic N) is 4. The zero-order valence-electron chi connectivity index (χ0n) is 20.6. The van der Waals surface area contributed by atoms with Gasteiger partial charge >= 0.3 is 0 Å². The predicted molar refractivity (Wildman–Crippen MR) is 138 cm³/mol. The van der Waals surface area contributed by atoms with Gasteiger partial charge < -0.3 is 14.8 Å². The maximum atomic E-state index is 13.6. The highest BCUT2D eigenvalue weighted by atomic mass is 35.5. The van der Waals surface area contributed by atoms with Gasteiger partial charge in [0, 0.05) is 41.0 Å². The Hall–Kier alpha value is -2.70. The molecule has 35 heavy (non-hydrogen) atoms. The van der Waals surface area contributed by atoms with E-state index in [-0.39, 0.29) is 16.9 Å². The molecule has 2 aromatic carbocycles. The summed E-state index contributed by atoms with van der Waals surface area (Å²) in [5.74, 6) is 1.63. The lowest BCUT2D eigenvalue weighted by Gasteiger charge is -2.46. The van der Waals surface area contributed by atoms with E-state index in [0.717, 1.165) is 47.6 Å². The second-order valence-electron chi connectivity index (χ2n) is 11.2. The molecule has 6 nitrogen and oxygen atoms in total. The second-order valence-corrected chi connectivity index (χ2v) is 11.6. The summed E-state index contributed by atoms with van der Waals surface area (Å²) in [7, 11) is 2.00. The van der Waals surface area contributed by atoms with Gasteiger partial charge in [-0.1, -0.05) is 30.7 Å². The lowest BCUT2D eigenvalue weighted by atomic mass is 9.58. The molecule has 182 valence electrons. The third-order valence-corrected chi connectivity index (χ3v) is 8.80. The molecule has 0 saturated heterocycles. The predicted octanol–water partition coefficient (Wildman–Crippen LogP) is 5.38. The molecule has 2 saturated carbocycles. The molecule has 2 fully saturated rings. The van der Waals surface area contributed by atoms with Crippen molar-refractivity contribution in [3.8, 4) is 0 Å². The maximum absolute atomic E-state index is 13.6. The van der Waals surface area contributed by atoms with Crippen molar-refractivity contribution in [2.45, 2.75) is 70.0 Å². The number of hydrogen-bond acceptors (Lipinski definition) is 4. The van der Waals surface area contributed by atoms with E-state index in [4.69, 9.17) is 11.6 Å². The smallest absolute Gasteiger partial charge is 0.258 e. The third-order valence-electron chi connectivity index (χ3n) is 8.47. The first-order valence-electron chi connectivity index (χ1n) is 12.6. The Morgan fingerprint density at radius 3 is 2.66 bits per heavy atom. The largest absolute Gasteiger partial charge is 0.320 e. The fraction of sp³-hybridized carbons (Fsp3) is 0.464. The Kier molecular flexibility index (Phi) is 5.31. The van der Waals surface area contributed by atoms with Crippen LogP contribution in [0, 0.1) is 5.92 Å². The molecule has 7 heteroatoms. The fourth-order valence-corrected chi connectivity index (χ4v) is 6.60. The van der Waals surface area contributed by atoms with Crippen LogP contribution in [0.25, 0.3) is 0 Å². The van der Waals surface area contributed by atoms with Crippen molar-refractivity contribution < 1.29 is 4.79 Å². The van der Waals surface area contributed by atoms with Crippen molar-refractivity contribution in [1.82, 2.24) is 20.1 Å². The van der Waals surface area contributed by atoms with Crippen LogP contribution in [0.3, 0.4) is 0 Å². The molecule has 1 aromatic heterocycles. The number of rotatable bonds is 6. The molecule has 0 unspecified atom stereocenters. The van der Waals surface area contributed by atoms with Crippen molar-refractivity contribution in [3.05, 3.63) is 75.8 Å². The highest BCUT2D eigenvalue weighted by Crippen LogP contribution is 2.52. The normalized spacial score (nSPS) is 24.7. The van der Waals surface area contributed by atoms with Crippen molar-refractivity contribution in [2.75, 3.05) is 4.90 Å². The van der Waals surface area contributed by atoms with E-state index in [9.17, 15) is 4.79 Å². The van der Waals surface area contributed by atoms with E-state index in [1.807, 2.05) is 34.7 Å². The van der Waals surface area contributed by atoms with E-state index in [1.165, 1.54) is 24.8 Å². The van der Waals surface area contributed by atoms with Crippen LogP contribution < -0.4 is 10.2 Å². The average molecular weight is 490 g/mol. The highest BCUT2D eigenvalue weighted by Gasteiger charge is 2.48. The molecule has 0 atom stereocenters. The summed E-state index contributed by atoms with van der Waals surface area (Å²) in [4.78, 5) is 15.4. The molecule has 0 bridgehead atoms. The molecule has 1 N–H and O–H groups in total. The van der Waals surface area contributed by atoms with Gasteiger partial charge in [-0.05, 0) is 80.3 Å². The number of fused-ring (bicyclic) bond motifs is 1. The summed E-state index contributed by atoms with van der Waals surface area (Å²) < 4.78 is 2.02. The van der Waals surface area contributed by atoms with Crippen LogP contribution in [0.5, 0.6) is 0 Å². The van der Waals surface area contributed by atoms with Crippen LogP contribution in [0.1, 0.15) is 78.8 Å². The Morgan fingerprint density at radius 2 is 2.00 bits per heavy atom. The monoisotopic (exact) mass is 489 g/mol. The minimum Gasteiger partial charge on any atom is -0.320 e. The van der Waals surface area contributed by atoms with Crippen LogP contribution in [0.15, 0.2) is 42.7 Å². The van der Waals surface area contributed by atoms with E-state index in [1.54, 1.807) is 6.33 Å². The van der Waals surface area contributed by atoms with Gasteiger partial charge in [-0.3, -0.25) is 4.79 Å². The summed E-state index contributed by atoms with van der Waals surface area (Å²) in [6.45, 7) is 5.76. The molecule has 3 aliphatic rings. The first kappa shape index (κ1) is 22.7. The van der Waals surface area contributed by atoms with Gasteiger partial charge in [-0.25, -0.2) is 0 Å². The number of aromatic nitrogens is 3. The van der Waals surface area contributed by atoms with Gasteiger partial charge in [0.25, 0.3) is 5.91 Å². The zero-order valence-corrected chi connectivity index (χ0v) is 21.4. The molecule has 1 amide bonds. The number of anilines is 1. The lowest BCUT2D eigenvalue weighted by molar-refractivity contribution is 0.0996. The van der Waals surface area contributed by atoms with Gasteiger partial charge in [-0.2, -0.15) is 0 Å². The number of aryl methyl sites for hydroxylation is 1. The van der Waals surface area contributed by atoms with Crippen LogP contribution in [0.2, 0.25) is 5.02 Å². The number of amides is 1. The summed E-state index contributed by atoms with van der Waals surface area (Å²) in [6.07, 6.45) is 7.49. The summed E-state index contributed by atoms with van der Waals surface area (Å²) in [6, 6.07) is 12.4. The van der Waals surface area contributed by atoms with E-state index in [2.05, 4.69) is 47.6 Å². The third kappa shape index (κ3) is 3.69. The molecule has 0 spiro atoms. The molecular weight excluding hydrogens is 458 g/mol. The summed E-state index contributed by atoms with van der Waals surface area (Å²) >= 11 is 6.70. The lowest BCUT2D eigenvalue weighted by Crippen LogP contribution is -2.47. The molecule has 3 aromatic rings. The van der Waals surface area contributed by atoms with E-state index in [0.29, 0.717) is 17.5 Å². The first-order valence-corrected chi connectivity index (χ1v) is 13.0. The van der Waals surface area contributed by atoms with Gasteiger partial charge in [0.2, 0.25) is 0 Å². The van der Waals surface area contributed by atoms with Crippen LogP contribution in [-0.4, -0.2) is 26.2 Å². The van der Waals surface area contributed by atoms with Crippen molar-refractivity contribution >= 4 is 23.2 Å². The van der Waals surface area contributed by atoms with E-state index < -0.39 is 0 Å². The maximum Gasteiger partial charge on any atom is 0.258 e. The van der Waals surface area contributed by atoms with Crippen molar-refractivity contribution in [1.29, 1.82) is 0 Å². The van der Waals surface area contributed by atoms with Gasteiger partial charge in [0.1, 0.15) is 12.2 Å². The second kappa shape index (κ2) is 8.17. The van der Waals surface area contributed by atoms with Crippen LogP contribution in [0.4, 0.5) is 5.69 Å². The molecule has 2 aliphatic carbocycles. The Morgan fingerprint density at radius 1 is 1.20 bits per heavy atom. The van der Waals surface area contributed by atoms with E-state index >= 15 is 0 Å².